The zero-order chi connectivity index (χ0) is 18.8. The lowest BCUT2D eigenvalue weighted by atomic mass is 10.1. The normalized spacial score (nSPS) is 17.0. The van der Waals surface area contributed by atoms with Crippen LogP contribution in [0.3, 0.4) is 0 Å². The highest BCUT2D eigenvalue weighted by Crippen LogP contribution is 2.36. The van der Waals surface area contributed by atoms with Crippen molar-refractivity contribution in [2.75, 3.05) is 7.11 Å². The Kier molecular flexibility index (Phi) is 5.89. The number of hydrogen-bond acceptors (Lipinski definition) is 4. The van der Waals surface area contributed by atoms with Gasteiger partial charge in [0.1, 0.15) is 5.75 Å². The highest BCUT2D eigenvalue weighted by Gasteiger charge is 2.24. The molecule has 0 atom stereocenters. The van der Waals surface area contributed by atoms with Gasteiger partial charge in [-0.1, -0.05) is 33.6 Å². The van der Waals surface area contributed by atoms with Gasteiger partial charge in [0.15, 0.2) is 5.17 Å². The van der Waals surface area contributed by atoms with Crippen LogP contribution in [0, 0.1) is 13.8 Å². The van der Waals surface area contributed by atoms with Crippen LogP contribution in [0.4, 0.5) is 5.69 Å². The number of nitrogens with zero attached hydrogens (tertiary/aromatic N) is 1. The largest absolute Gasteiger partial charge is 0.495 e. The molecule has 0 aliphatic carbocycles. The molecule has 1 saturated heterocycles. The van der Waals surface area contributed by atoms with Crippen LogP contribution in [0.1, 0.15) is 16.7 Å². The third-order valence-corrected chi connectivity index (χ3v) is 5.71. The first-order valence-corrected chi connectivity index (χ1v) is 10.2. The quantitative estimate of drug-likeness (QED) is 0.553. The van der Waals surface area contributed by atoms with Crippen molar-refractivity contribution < 1.29 is 9.53 Å². The van der Waals surface area contributed by atoms with Crippen LogP contribution >= 0.6 is 43.6 Å². The van der Waals surface area contributed by atoms with Crippen molar-refractivity contribution in [2.45, 2.75) is 13.8 Å². The minimum Gasteiger partial charge on any atom is -0.495 e. The fraction of sp³-hybridized carbons (Fsp3) is 0.158. The number of methoxy groups -OCH3 is 1. The van der Waals surface area contributed by atoms with E-state index in [1.165, 1.54) is 17.3 Å². The van der Waals surface area contributed by atoms with Crippen LogP contribution in [-0.2, 0) is 4.79 Å². The third-order valence-electron chi connectivity index (χ3n) is 3.75. The number of ether oxygens (including phenoxy) is 1. The molecule has 1 aliphatic heterocycles. The van der Waals surface area contributed by atoms with Crippen molar-refractivity contribution in [2.24, 2.45) is 4.99 Å². The Labute approximate surface area is 173 Å². The van der Waals surface area contributed by atoms with Crippen molar-refractivity contribution in [1.82, 2.24) is 5.32 Å². The lowest BCUT2D eigenvalue weighted by Crippen LogP contribution is -2.19. The number of aryl methyl sites for hydroxylation is 2. The van der Waals surface area contributed by atoms with E-state index in [0.717, 1.165) is 25.8 Å². The maximum absolute atomic E-state index is 12.3. The summed E-state index contributed by atoms with van der Waals surface area (Å²) < 4.78 is 7.15. The summed E-state index contributed by atoms with van der Waals surface area (Å²) in [4.78, 5) is 17.5. The van der Waals surface area contributed by atoms with Gasteiger partial charge in [-0.15, -0.1) is 0 Å². The minimum atomic E-state index is -0.170. The topological polar surface area (TPSA) is 50.7 Å². The zero-order valence-corrected chi connectivity index (χ0v) is 18.4. The van der Waals surface area contributed by atoms with E-state index in [4.69, 9.17) is 4.74 Å². The average Bonchev–Trinajstić information content (AvgIpc) is 2.89. The highest BCUT2D eigenvalue weighted by molar-refractivity contribution is 9.11. The number of hydrogen-bond donors (Lipinski definition) is 1. The average molecular weight is 496 g/mol. The lowest BCUT2D eigenvalue weighted by Gasteiger charge is -2.08. The molecule has 1 fully saturated rings. The molecule has 2 aromatic rings. The molecule has 2 aromatic carbocycles. The standard InChI is InChI=1S/C19H16Br2N2O2S/c1-10-4-5-15(11(2)6-10)22-19-23-18(24)16(26-19)8-12-7-13(20)9-14(21)17(12)25-3/h4-9H,1-3H3,(H,22,23,24)/b16-8-. The zero-order valence-electron chi connectivity index (χ0n) is 14.4. The Morgan fingerprint density at radius 3 is 2.65 bits per heavy atom. The van der Waals surface area contributed by atoms with Crippen molar-refractivity contribution >= 4 is 66.5 Å². The van der Waals surface area contributed by atoms with Crippen LogP contribution in [0.5, 0.6) is 5.75 Å². The van der Waals surface area contributed by atoms with Crippen molar-refractivity contribution in [3.05, 3.63) is 60.9 Å². The number of nitrogens with one attached hydrogen (secondary N) is 1. The maximum atomic E-state index is 12.3. The molecular weight excluding hydrogens is 480 g/mol. The predicted octanol–water partition coefficient (Wildman–Crippen LogP) is 5.73. The molecule has 1 heterocycles. The molecule has 0 bridgehead atoms. The number of carbonyl (C=O) groups is 1. The van der Waals surface area contributed by atoms with Gasteiger partial charge in [-0.25, -0.2) is 4.99 Å². The van der Waals surface area contributed by atoms with Crippen LogP contribution in [0.2, 0.25) is 0 Å². The van der Waals surface area contributed by atoms with Gasteiger partial charge in [0.25, 0.3) is 5.91 Å². The first-order valence-electron chi connectivity index (χ1n) is 7.77. The van der Waals surface area contributed by atoms with Gasteiger partial charge in [0.2, 0.25) is 0 Å². The van der Waals surface area contributed by atoms with Gasteiger partial charge >= 0.3 is 0 Å². The van der Waals surface area contributed by atoms with Crippen LogP contribution in [0.15, 0.2) is 49.2 Å². The summed E-state index contributed by atoms with van der Waals surface area (Å²) in [6, 6.07) is 9.84. The summed E-state index contributed by atoms with van der Waals surface area (Å²) in [7, 11) is 1.60. The van der Waals surface area contributed by atoms with Gasteiger partial charge in [0, 0.05) is 10.0 Å². The number of halogens is 2. The van der Waals surface area contributed by atoms with E-state index in [1.807, 2.05) is 38.1 Å². The van der Waals surface area contributed by atoms with E-state index in [0.29, 0.717) is 15.8 Å². The van der Waals surface area contributed by atoms with E-state index in [-0.39, 0.29) is 5.91 Å². The third kappa shape index (κ3) is 4.22. The van der Waals surface area contributed by atoms with E-state index in [2.05, 4.69) is 48.2 Å². The number of amides is 1. The van der Waals surface area contributed by atoms with E-state index < -0.39 is 0 Å². The summed E-state index contributed by atoms with van der Waals surface area (Å²) in [6.45, 7) is 4.05. The first-order chi connectivity index (χ1) is 12.4. The number of benzene rings is 2. The Balaban J connectivity index is 1.93. The Bertz CT molecular complexity index is 955. The number of thioether (sulfide) groups is 1. The fourth-order valence-corrected chi connectivity index (χ4v) is 4.81. The number of carbonyl (C=O) groups excluding carboxylic acids is 1. The van der Waals surface area contributed by atoms with Gasteiger partial charge in [-0.3, -0.25) is 4.79 Å². The highest BCUT2D eigenvalue weighted by atomic mass is 79.9. The molecule has 26 heavy (non-hydrogen) atoms. The molecule has 1 N–H and O–H groups in total. The number of aliphatic imine (C=N–C) groups is 1. The Morgan fingerprint density at radius 2 is 1.96 bits per heavy atom. The predicted molar refractivity (Wildman–Crippen MR) is 115 cm³/mol. The van der Waals surface area contributed by atoms with Crippen molar-refractivity contribution in [3.63, 3.8) is 0 Å². The molecule has 1 amide bonds. The molecule has 3 rings (SSSR count). The second-order valence-corrected chi connectivity index (χ2v) is 8.58. The second kappa shape index (κ2) is 7.98. The number of rotatable bonds is 3. The molecule has 0 radical (unpaired) electrons. The molecular formula is C19H16Br2N2O2S. The molecule has 0 spiro atoms. The molecule has 7 heteroatoms. The van der Waals surface area contributed by atoms with Crippen LogP contribution < -0.4 is 10.1 Å². The van der Waals surface area contributed by atoms with Crippen molar-refractivity contribution in [3.8, 4) is 5.75 Å². The van der Waals surface area contributed by atoms with Gasteiger partial charge in [0.05, 0.1) is 22.2 Å². The summed E-state index contributed by atoms with van der Waals surface area (Å²) in [5, 5.41) is 3.39. The minimum absolute atomic E-state index is 0.170. The SMILES string of the molecule is COc1c(Br)cc(Br)cc1/C=C1\SC(=Nc2ccc(C)cc2C)NC1=O. The van der Waals surface area contributed by atoms with Crippen LogP contribution in [-0.4, -0.2) is 18.2 Å². The molecule has 0 unspecified atom stereocenters. The van der Waals surface area contributed by atoms with E-state index in [9.17, 15) is 4.79 Å². The Morgan fingerprint density at radius 1 is 1.19 bits per heavy atom. The molecule has 134 valence electrons. The molecule has 4 nitrogen and oxygen atoms in total. The molecule has 0 aromatic heterocycles. The summed E-state index contributed by atoms with van der Waals surface area (Å²) in [5.41, 5.74) is 3.91. The molecule has 0 saturated carbocycles. The summed E-state index contributed by atoms with van der Waals surface area (Å²) in [5.74, 6) is 0.505. The Hall–Kier alpha value is -1.57. The van der Waals surface area contributed by atoms with Gasteiger partial charge in [-0.2, -0.15) is 0 Å². The lowest BCUT2D eigenvalue weighted by molar-refractivity contribution is -0.115. The van der Waals surface area contributed by atoms with Crippen LogP contribution in [0.25, 0.3) is 6.08 Å². The maximum Gasteiger partial charge on any atom is 0.264 e. The smallest absolute Gasteiger partial charge is 0.264 e. The number of amidine groups is 1. The molecule has 1 aliphatic rings. The second-order valence-electron chi connectivity index (χ2n) is 5.78. The monoisotopic (exact) mass is 494 g/mol. The van der Waals surface area contributed by atoms with E-state index >= 15 is 0 Å². The van der Waals surface area contributed by atoms with Gasteiger partial charge < -0.3 is 10.1 Å². The summed E-state index contributed by atoms with van der Waals surface area (Å²) in [6.07, 6.45) is 1.80. The van der Waals surface area contributed by atoms with E-state index in [1.54, 1.807) is 13.2 Å². The fourth-order valence-electron chi connectivity index (χ4n) is 2.56. The summed E-state index contributed by atoms with van der Waals surface area (Å²) >= 11 is 8.26. The van der Waals surface area contributed by atoms with Crippen molar-refractivity contribution in [1.29, 1.82) is 0 Å². The first kappa shape index (κ1) is 19.2. The van der Waals surface area contributed by atoms with Gasteiger partial charge in [-0.05, 0) is 71.4 Å².